The number of esters is 2. The van der Waals surface area contributed by atoms with Gasteiger partial charge in [0.25, 0.3) is 0 Å². The Kier molecular flexibility index (Phi) is 3.00. The van der Waals surface area contributed by atoms with Crippen LogP contribution in [0.4, 0.5) is 0 Å². The molecule has 0 amide bonds. The Hall–Kier alpha value is -1.58. The lowest BCUT2D eigenvalue weighted by Gasteiger charge is -2.31. The van der Waals surface area contributed by atoms with Crippen molar-refractivity contribution in [2.45, 2.75) is 32.1 Å². The molecular weight excluding hydrogens is 280 g/mol. The summed E-state index contributed by atoms with van der Waals surface area (Å²) in [7, 11) is 2.68. The summed E-state index contributed by atoms with van der Waals surface area (Å²) in [6.07, 6.45) is 9.59. The first-order valence-electron chi connectivity index (χ1n) is 8.17. The molecule has 0 aromatic carbocycles. The highest BCUT2D eigenvalue weighted by molar-refractivity contribution is 6.02. The maximum Gasteiger partial charge on any atom is 0.323 e. The van der Waals surface area contributed by atoms with Crippen LogP contribution < -0.4 is 0 Å². The molecule has 3 saturated carbocycles. The Morgan fingerprint density at radius 3 is 1.82 bits per heavy atom. The number of methoxy groups -OCH3 is 2. The zero-order chi connectivity index (χ0) is 15.5. The van der Waals surface area contributed by atoms with Crippen LogP contribution in [0.15, 0.2) is 23.3 Å². The lowest BCUT2D eigenvalue weighted by Crippen LogP contribution is -2.38. The van der Waals surface area contributed by atoms with Gasteiger partial charge in [-0.1, -0.05) is 12.2 Å². The summed E-state index contributed by atoms with van der Waals surface area (Å²) in [6.45, 7) is 0. The molecule has 2 bridgehead atoms. The smallest absolute Gasteiger partial charge is 0.323 e. The van der Waals surface area contributed by atoms with E-state index < -0.39 is 17.4 Å². The molecule has 0 spiro atoms. The topological polar surface area (TPSA) is 52.6 Å². The quantitative estimate of drug-likeness (QED) is 0.581. The number of carbonyl (C=O) groups is 2. The van der Waals surface area contributed by atoms with Gasteiger partial charge in [-0.3, -0.25) is 9.59 Å². The number of allylic oxidation sites excluding steroid dienone is 4. The monoisotopic (exact) mass is 302 g/mol. The van der Waals surface area contributed by atoms with Gasteiger partial charge in [0, 0.05) is 0 Å². The SMILES string of the molecule is COC(=O)C1(C(=O)OC)CC2=CC3C(C=C2C1)[C@H]1CC[C@@H]3C1. The average Bonchev–Trinajstić information content (AvgIpc) is 3.23. The Morgan fingerprint density at radius 1 is 0.955 bits per heavy atom. The zero-order valence-electron chi connectivity index (χ0n) is 13.1. The van der Waals surface area contributed by atoms with Gasteiger partial charge in [-0.25, -0.2) is 0 Å². The van der Waals surface area contributed by atoms with Crippen LogP contribution in [0.1, 0.15) is 32.1 Å². The van der Waals surface area contributed by atoms with Gasteiger partial charge in [0.15, 0.2) is 5.41 Å². The summed E-state index contributed by atoms with van der Waals surface area (Å²) in [4.78, 5) is 24.6. The van der Waals surface area contributed by atoms with Crippen molar-refractivity contribution < 1.29 is 19.1 Å². The van der Waals surface area contributed by atoms with Gasteiger partial charge >= 0.3 is 11.9 Å². The molecule has 0 aromatic rings. The molecule has 4 rings (SSSR count). The Morgan fingerprint density at radius 2 is 1.41 bits per heavy atom. The standard InChI is InChI=1S/C18H22O4/c1-21-16(19)18(17(20)22-2)8-12-6-14-10-3-4-11(5-10)15(14)7-13(12)9-18/h6-7,10-11,14-15H,3-5,8-9H2,1-2H3/t10-,11+,14?,15?. The van der Waals surface area contributed by atoms with Gasteiger partial charge in [-0.05, 0) is 66.9 Å². The molecule has 0 saturated heterocycles. The molecule has 4 atom stereocenters. The summed E-state index contributed by atoms with van der Waals surface area (Å²) >= 11 is 0. The minimum absolute atomic E-state index is 0.429. The third kappa shape index (κ3) is 1.70. The molecule has 3 fully saturated rings. The maximum atomic E-state index is 12.3. The fraction of sp³-hybridized carbons (Fsp3) is 0.667. The van der Waals surface area contributed by atoms with Gasteiger partial charge in [-0.15, -0.1) is 0 Å². The molecule has 0 heterocycles. The van der Waals surface area contributed by atoms with Crippen LogP contribution in [0.2, 0.25) is 0 Å². The number of rotatable bonds is 2. The molecule has 0 aromatic heterocycles. The van der Waals surface area contributed by atoms with Gasteiger partial charge in [0.2, 0.25) is 0 Å². The predicted octanol–water partition coefficient (Wildman–Crippen LogP) is 2.64. The number of carbonyl (C=O) groups excluding carboxylic acids is 2. The van der Waals surface area contributed by atoms with E-state index in [1.165, 1.54) is 44.6 Å². The third-order valence-corrected chi connectivity index (χ3v) is 6.38. The highest BCUT2D eigenvalue weighted by atomic mass is 16.5. The third-order valence-electron chi connectivity index (χ3n) is 6.38. The van der Waals surface area contributed by atoms with E-state index in [0.29, 0.717) is 24.7 Å². The van der Waals surface area contributed by atoms with Crippen molar-refractivity contribution >= 4 is 11.9 Å². The molecule has 2 unspecified atom stereocenters. The normalized spacial score (nSPS) is 37.0. The second-order valence-corrected chi connectivity index (χ2v) is 7.29. The minimum Gasteiger partial charge on any atom is -0.468 e. The minimum atomic E-state index is -1.17. The molecule has 4 aliphatic carbocycles. The van der Waals surface area contributed by atoms with E-state index >= 15 is 0 Å². The van der Waals surface area contributed by atoms with Crippen molar-refractivity contribution in [3.05, 3.63) is 23.3 Å². The lowest BCUT2D eigenvalue weighted by atomic mass is 9.74. The fourth-order valence-electron chi connectivity index (χ4n) is 5.37. The van der Waals surface area contributed by atoms with E-state index in [4.69, 9.17) is 9.47 Å². The van der Waals surface area contributed by atoms with Crippen molar-refractivity contribution in [1.82, 2.24) is 0 Å². The highest BCUT2D eigenvalue weighted by Gasteiger charge is 2.56. The van der Waals surface area contributed by atoms with E-state index in [0.717, 1.165) is 11.8 Å². The number of fused-ring (bicyclic) bond motifs is 6. The van der Waals surface area contributed by atoms with Crippen LogP contribution in [-0.4, -0.2) is 26.2 Å². The zero-order valence-corrected chi connectivity index (χ0v) is 13.1. The van der Waals surface area contributed by atoms with E-state index in [-0.39, 0.29) is 0 Å². The molecule has 0 radical (unpaired) electrons. The predicted molar refractivity (Wildman–Crippen MR) is 79.7 cm³/mol. The molecule has 118 valence electrons. The lowest BCUT2D eigenvalue weighted by molar-refractivity contribution is -0.168. The first-order chi connectivity index (χ1) is 10.6. The largest absolute Gasteiger partial charge is 0.468 e. The van der Waals surface area contributed by atoms with Crippen molar-refractivity contribution in [3.8, 4) is 0 Å². The molecule has 4 heteroatoms. The van der Waals surface area contributed by atoms with E-state index in [9.17, 15) is 9.59 Å². The Bertz CT molecular complexity index is 548. The van der Waals surface area contributed by atoms with Crippen molar-refractivity contribution in [1.29, 1.82) is 0 Å². The second kappa shape index (κ2) is 4.71. The highest BCUT2D eigenvalue weighted by Crippen LogP contribution is 2.59. The van der Waals surface area contributed by atoms with Crippen LogP contribution in [0, 0.1) is 29.1 Å². The van der Waals surface area contributed by atoms with E-state index in [1.54, 1.807) is 0 Å². The fourth-order valence-corrected chi connectivity index (χ4v) is 5.37. The number of ether oxygens (including phenoxy) is 2. The van der Waals surface area contributed by atoms with Crippen LogP contribution in [0.5, 0.6) is 0 Å². The van der Waals surface area contributed by atoms with Crippen LogP contribution in [0.25, 0.3) is 0 Å². The molecular formula is C18H22O4. The summed E-state index contributed by atoms with van der Waals surface area (Å²) in [5.41, 5.74) is 1.17. The van der Waals surface area contributed by atoms with Crippen LogP contribution >= 0.6 is 0 Å². The number of hydrogen-bond acceptors (Lipinski definition) is 4. The molecule has 22 heavy (non-hydrogen) atoms. The first-order valence-corrected chi connectivity index (χ1v) is 8.17. The first kappa shape index (κ1) is 14.0. The number of hydrogen-bond donors (Lipinski definition) is 0. The summed E-state index contributed by atoms with van der Waals surface area (Å²) in [6, 6.07) is 0. The molecule has 0 aliphatic heterocycles. The van der Waals surface area contributed by atoms with Gasteiger partial charge < -0.3 is 9.47 Å². The van der Waals surface area contributed by atoms with Crippen molar-refractivity contribution in [2.75, 3.05) is 14.2 Å². The van der Waals surface area contributed by atoms with Crippen LogP contribution in [-0.2, 0) is 19.1 Å². The van der Waals surface area contributed by atoms with E-state index in [1.807, 2.05) is 0 Å². The Balaban J connectivity index is 1.70. The average molecular weight is 302 g/mol. The van der Waals surface area contributed by atoms with E-state index in [2.05, 4.69) is 12.2 Å². The van der Waals surface area contributed by atoms with Crippen molar-refractivity contribution in [2.24, 2.45) is 29.1 Å². The second-order valence-electron chi connectivity index (χ2n) is 7.29. The summed E-state index contributed by atoms with van der Waals surface area (Å²) in [5.74, 6) is 1.89. The molecule has 0 N–H and O–H groups in total. The van der Waals surface area contributed by atoms with Gasteiger partial charge in [0.05, 0.1) is 14.2 Å². The Labute approximate surface area is 130 Å². The molecule has 4 aliphatic rings. The van der Waals surface area contributed by atoms with Gasteiger partial charge in [-0.2, -0.15) is 0 Å². The summed E-state index contributed by atoms with van der Waals surface area (Å²) < 4.78 is 9.84. The molecule has 4 nitrogen and oxygen atoms in total. The van der Waals surface area contributed by atoms with Crippen LogP contribution in [0.3, 0.4) is 0 Å². The van der Waals surface area contributed by atoms with Gasteiger partial charge in [0.1, 0.15) is 0 Å². The maximum absolute atomic E-state index is 12.3. The summed E-state index contributed by atoms with van der Waals surface area (Å²) in [5, 5.41) is 0. The van der Waals surface area contributed by atoms with Crippen molar-refractivity contribution in [3.63, 3.8) is 0 Å².